The molecule has 0 aliphatic carbocycles. The Labute approximate surface area is 100 Å². The molecule has 1 unspecified atom stereocenters. The molecule has 3 nitrogen and oxygen atoms in total. The van der Waals surface area contributed by atoms with Gasteiger partial charge in [0.2, 0.25) is 0 Å². The molecule has 1 saturated heterocycles. The number of rotatable bonds is 6. The maximum atomic E-state index is 5.93. The van der Waals surface area contributed by atoms with Crippen LogP contribution in [0.15, 0.2) is 0 Å². The molecule has 3 heteroatoms. The van der Waals surface area contributed by atoms with Gasteiger partial charge in [-0.2, -0.15) is 0 Å². The van der Waals surface area contributed by atoms with E-state index in [0.29, 0.717) is 0 Å². The molecular weight excluding hydrogens is 200 g/mol. The Morgan fingerprint density at radius 2 is 2.00 bits per heavy atom. The normalized spacial score (nSPS) is 22.3. The summed E-state index contributed by atoms with van der Waals surface area (Å²) in [5.41, 5.74) is 6.11. The molecule has 1 fully saturated rings. The van der Waals surface area contributed by atoms with Gasteiger partial charge in [-0.15, -0.1) is 0 Å². The van der Waals surface area contributed by atoms with Crippen LogP contribution in [-0.2, 0) is 4.74 Å². The zero-order valence-electron chi connectivity index (χ0n) is 11.2. The fourth-order valence-corrected chi connectivity index (χ4v) is 2.52. The summed E-state index contributed by atoms with van der Waals surface area (Å²) in [6.45, 7) is 8.31. The predicted molar refractivity (Wildman–Crippen MR) is 68.5 cm³/mol. The Morgan fingerprint density at radius 3 is 2.50 bits per heavy atom. The van der Waals surface area contributed by atoms with Gasteiger partial charge in [-0.05, 0) is 39.2 Å². The summed E-state index contributed by atoms with van der Waals surface area (Å²) in [6, 6.07) is 0. The third kappa shape index (κ3) is 3.72. The topological polar surface area (TPSA) is 38.5 Å². The number of hydrogen-bond donors (Lipinski definition) is 1. The Kier molecular flexibility index (Phi) is 5.73. The summed E-state index contributed by atoms with van der Waals surface area (Å²) < 4.78 is 5.40. The Morgan fingerprint density at radius 1 is 1.38 bits per heavy atom. The molecule has 1 heterocycles. The van der Waals surface area contributed by atoms with Crippen molar-refractivity contribution in [2.75, 3.05) is 33.4 Å². The van der Waals surface area contributed by atoms with E-state index in [0.717, 1.165) is 32.2 Å². The minimum absolute atomic E-state index is 0.174. The molecule has 0 spiro atoms. The van der Waals surface area contributed by atoms with Crippen molar-refractivity contribution in [1.82, 2.24) is 4.90 Å². The molecule has 96 valence electrons. The first-order valence-electron chi connectivity index (χ1n) is 6.61. The molecule has 1 atom stereocenters. The quantitative estimate of drug-likeness (QED) is 0.754. The summed E-state index contributed by atoms with van der Waals surface area (Å²) in [6.07, 6.45) is 4.79. The van der Waals surface area contributed by atoms with Gasteiger partial charge in [0.1, 0.15) is 0 Å². The van der Waals surface area contributed by atoms with Gasteiger partial charge in [0, 0.05) is 31.8 Å². The van der Waals surface area contributed by atoms with Crippen molar-refractivity contribution < 1.29 is 4.74 Å². The number of likely N-dealkylation sites (N-methyl/N-ethyl adjacent to an activating group) is 1. The van der Waals surface area contributed by atoms with Crippen molar-refractivity contribution >= 4 is 0 Å². The average Bonchev–Trinajstić information content (AvgIpc) is 2.30. The minimum atomic E-state index is 0.174. The van der Waals surface area contributed by atoms with Crippen molar-refractivity contribution in [2.24, 2.45) is 11.7 Å². The molecule has 1 aliphatic heterocycles. The molecular formula is C13H28N2O. The molecule has 0 bridgehead atoms. The molecule has 1 aliphatic rings. The Hall–Kier alpha value is -0.120. The average molecular weight is 228 g/mol. The van der Waals surface area contributed by atoms with Crippen LogP contribution in [0.2, 0.25) is 0 Å². The Bertz CT molecular complexity index is 192. The van der Waals surface area contributed by atoms with Crippen molar-refractivity contribution in [3.8, 4) is 0 Å². The maximum Gasteiger partial charge on any atom is 0.0469 e. The number of ether oxygens (including phenoxy) is 1. The highest BCUT2D eigenvalue weighted by molar-refractivity contribution is 4.86. The summed E-state index contributed by atoms with van der Waals surface area (Å²) in [5, 5.41) is 0. The van der Waals surface area contributed by atoms with Gasteiger partial charge in [0.15, 0.2) is 0 Å². The summed E-state index contributed by atoms with van der Waals surface area (Å²) in [7, 11) is 2.22. The summed E-state index contributed by atoms with van der Waals surface area (Å²) in [5.74, 6) is 0.793. The largest absolute Gasteiger partial charge is 0.381 e. The van der Waals surface area contributed by atoms with Gasteiger partial charge in [-0.3, -0.25) is 4.90 Å². The second kappa shape index (κ2) is 6.58. The van der Waals surface area contributed by atoms with Crippen LogP contribution in [0.5, 0.6) is 0 Å². The van der Waals surface area contributed by atoms with Gasteiger partial charge >= 0.3 is 0 Å². The maximum absolute atomic E-state index is 5.93. The number of nitrogens with zero attached hydrogens (tertiary/aromatic N) is 1. The van der Waals surface area contributed by atoms with E-state index in [1.54, 1.807) is 0 Å². The van der Waals surface area contributed by atoms with E-state index < -0.39 is 0 Å². The van der Waals surface area contributed by atoms with E-state index in [1.165, 1.54) is 25.7 Å². The lowest BCUT2D eigenvalue weighted by molar-refractivity contribution is 0.0359. The zero-order valence-corrected chi connectivity index (χ0v) is 11.2. The molecule has 0 amide bonds. The standard InChI is InChI=1S/C13H28N2O/c1-4-7-13(2,11-14)15(3)10-12-5-8-16-9-6-12/h12H,4-11,14H2,1-3H3. The van der Waals surface area contributed by atoms with Gasteiger partial charge in [-0.25, -0.2) is 0 Å². The SMILES string of the molecule is CCCC(C)(CN)N(C)CC1CCOCC1. The lowest BCUT2D eigenvalue weighted by Crippen LogP contribution is -2.51. The van der Waals surface area contributed by atoms with Crippen molar-refractivity contribution in [1.29, 1.82) is 0 Å². The smallest absolute Gasteiger partial charge is 0.0469 e. The number of hydrogen-bond acceptors (Lipinski definition) is 3. The lowest BCUT2D eigenvalue weighted by atomic mass is 9.91. The highest BCUT2D eigenvalue weighted by atomic mass is 16.5. The van der Waals surface area contributed by atoms with E-state index in [4.69, 9.17) is 10.5 Å². The van der Waals surface area contributed by atoms with Crippen LogP contribution < -0.4 is 5.73 Å². The van der Waals surface area contributed by atoms with Gasteiger partial charge < -0.3 is 10.5 Å². The molecule has 0 saturated carbocycles. The molecule has 2 N–H and O–H groups in total. The Balaban J connectivity index is 2.44. The highest BCUT2D eigenvalue weighted by Crippen LogP contribution is 2.23. The molecule has 0 aromatic heterocycles. The molecule has 0 aromatic carbocycles. The molecule has 16 heavy (non-hydrogen) atoms. The van der Waals surface area contributed by atoms with Crippen LogP contribution >= 0.6 is 0 Å². The van der Waals surface area contributed by atoms with E-state index in [2.05, 4.69) is 25.8 Å². The van der Waals surface area contributed by atoms with Crippen LogP contribution in [0.1, 0.15) is 39.5 Å². The summed E-state index contributed by atoms with van der Waals surface area (Å²) >= 11 is 0. The van der Waals surface area contributed by atoms with E-state index in [-0.39, 0.29) is 5.54 Å². The third-order valence-corrected chi connectivity index (χ3v) is 4.02. The van der Waals surface area contributed by atoms with Crippen LogP contribution in [-0.4, -0.2) is 43.8 Å². The van der Waals surface area contributed by atoms with Crippen molar-refractivity contribution in [3.05, 3.63) is 0 Å². The van der Waals surface area contributed by atoms with E-state index in [1.807, 2.05) is 0 Å². The first kappa shape index (κ1) is 13.9. The van der Waals surface area contributed by atoms with Gasteiger partial charge in [0.25, 0.3) is 0 Å². The van der Waals surface area contributed by atoms with Crippen molar-refractivity contribution in [3.63, 3.8) is 0 Å². The fraction of sp³-hybridized carbons (Fsp3) is 1.00. The monoisotopic (exact) mass is 228 g/mol. The number of nitrogens with two attached hydrogens (primary N) is 1. The first-order valence-corrected chi connectivity index (χ1v) is 6.61. The fourth-order valence-electron chi connectivity index (χ4n) is 2.52. The second-order valence-electron chi connectivity index (χ2n) is 5.39. The minimum Gasteiger partial charge on any atom is -0.381 e. The van der Waals surface area contributed by atoms with Crippen molar-refractivity contribution in [2.45, 2.75) is 45.1 Å². The van der Waals surface area contributed by atoms with Gasteiger partial charge in [-0.1, -0.05) is 13.3 Å². The highest BCUT2D eigenvalue weighted by Gasteiger charge is 2.28. The second-order valence-corrected chi connectivity index (χ2v) is 5.39. The zero-order chi connectivity index (χ0) is 12.0. The van der Waals surface area contributed by atoms with E-state index >= 15 is 0 Å². The molecule has 1 rings (SSSR count). The first-order chi connectivity index (χ1) is 7.62. The van der Waals surface area contributed by atoms with Gasteiger partial charge in [0.05, 0.1) is 0 Å². The summed E-state index contributed by atoms with van der Waals surface area (Å²) in [4.78, 5) is 2.46. The predicted octanol–water partition coefficient (Wildman–Crippen LogP) is 1.86. The van der Waals surface area contributed by atoms with Crippen LogP contribution in [0.4, 0.5) is 0 Å². The van der Waals surface area contributed by atoms with Crippen LogP contribution in [0.3, 0.4) is 0 Å². The molecule has 0 radical (unpaired) electrons. The van der Waals surface area contributed by atoms with Crippen LogP contribution in [0.25, 0.3) is 0 Å². The lowest BCUT2D eigenvalue weighted by Gasteiger charge is -2.40. The molecule has 0 aromatic rings. The van der Waals surface area contributed by atoms with E-state index in [9.17, 15) is 0 Å². The third-order valence-electron chi connectivity index (χ3n) is 4.02. The van der Waals surface area contributed by atoms with Crippen LogP contribution in [0, 0.1) is 5.92 Å².